The maximum absolute atomic E-state index is 13.4. The van der Waals surface area contributed by atoms with Gasteiger partial charge >= 0.3 is 0 Å². The average Bonchev–Trinajstić information content (AvgIpc) is 2.98. The van der Waals surface area contributed by atoms with Crippen molar-refractivity contribution < 1.29 is 19.2 Å². The second-order valence-corrected chi connectivity index (χ2v) is 7.47. The van der Waals surface area contributed by atoms with Gasteiger partial charge in [-0.1, -0.05) is 18.2 Å². The van der Waals surface area contributed by atoms with E-state index in [0.717, 1.165) is 4.90 Å². The Hall–Kier alpha value is -3.52. The van der Waals surface area contributed by atoms with Crippen LogP contribution in [-0.4, -0.2) is 46.9 Å². The van der Waals surface area contributed by atoms with Crippen LogP contribution in [0.2, 0.25) is 0 Å². The molecule has 1 fully saturated rings. The summed E-state index contributed by atoms with van der Waals surface area (Å²) < 4.78 is 5.78. The molecule has 4 rings (SSSR count). The van der Waals surface area contributed by atoms with Gasteiger partial charge in [0.05, 0.1) is 28.4 Å². The first-order valence-corrected chi connectivity index (χ1v) is 9.70. The summed E-state index contributed by atoms with van der Waals surface area (Å²) in [7, 11) is 0. The van der Waals surface area contributed by atoms with E-state index in [1.165, 1.54) is 24.3 Å². The van der Waals surface area contributed by atoms with Gasteiger partial charge in [-0.3, -0.25) is 19.7 Å². The number of carbonyl (C=O) groups excluding carboxylic acids is 2. The van der Waals surface area contributed by atoms with E-state index >= 15 is 0 Å². The molecule has 154 valence electrons. The molecule has 0 radical (unpaired) electrons. The number of nitro groups is 1. The largest absolute Gasteiger partial charge is 0.372 e. The van der Waals surface area contributed by atoms with E-state index < -0.39 is 16.7 Å². The number of hydrogen-bond acceptors (Lipinski definition) is 6. The predicted octanol–water partition coefficient (Wildman–Crippen LogP) is 2.99. The van der Waals surface area contributed by atoms with Crippen molar-refractivity contribution in [2.75, 3.05) is 18.0 Å². The quantitative estimate of drug-likeness (QED) is 0.439. The van der Waals surface area contributed by atoms with Crippen molar-refractivity contribution in [1.29, 1.82) is 0 Å². The number of para-hydroxylation sites is 1. The van der Waals surface area contributed by atoms with Gasteiger partial charge in [0.15, 0.2) is 0 Å². The normalized spacial score (nSPS) is 22.1. The van der Waals surface area contributed by atoms with Crippen LogP contribution in [0.5, 0.6) is 0 Å². The summed E-state index contributed by atoms with van der Waals surface area (Å²) >= 11 is 0. The standard InChI is InChI=1S/C22H21N3O5/c1-14-12-23(13-15(2)30-14)20-19(16-8-10-18(11-9-16)25(28)29)21(26)24(22(20)27)17-6-4-3-5-7-17/h3-11,14-15H,12-13H2,1-2H3. The second-order valence-electron chi connectivity index (χ2n) is 7.47. The Morgan fingerprint density at radius 2 is 1.53 bits per heavy atom. The zero-order chi connectivity index (χ0) is 21.4. The molecule has 8 heteroatoms. The predicted molar refractivity (Wildman–Crippen MR) is 111 cm³/mol. The monoisotopic (exact) mass is 407 g/mol. The summed E-state index contributed by atoms with van der Waals surface area (Å²) in [6.07, 6.45) is -0.207. The van der Waals surface area contributed by atoms with Crippen LogP contribution in [0.15, 0.2) is 60.3 Å². The minimum absolute atomic E-state index is 0.0776. The highest BCUT2D eigenvalue weighted by atomic mass is 16.6. The number of ether oxygens (including phenoxy) is 1. The van der Waals surface area contributed by atoms with Crippen molar-refractivity contribution in [1.82, 2.24) is 4.90 Å². The summed E-state index contributed by atoms with van der Waals surface area (Å²) in [5.41, 5.74) is 1.43. The van der Waals surface area contributed by atoms with Gasteiger partial charge in [-0.15, -0.1) is 0 Å². The molecule has 0 saturated carbocycles. The Bertz CT molecular complexity index is 1020. The molecular formula is C22H21N3O5. The van der Waals surface area contributed by atoms with Crippen molar-refractivity contribution in [3.8, 4) is 0 Å². The Morgan fingerprint density at radius 1 is 0.933 bits per heavy atom. The zero-order valence-corrected chi connectivity index (χ0v) is 16.6. The summed E-state index contributed by atoms with van der Waals surface area (Å²) in [4.78, 5) is 40.4. The molecule has 2 atom stereocenters. The minimum Gasteiger partial charge on any atom is -0.372 e. The fourth-order valence-corrected chi connectivity index (χ4v) is 3.99. The van der Waals surface area contributed by atoms with Gasteiger partial charge in [0, 0.05) is 25.2 Å². The molecule has 2 aromatic rings. The number of non-ortho nitro benzene ring substituents is 1. The molecule has 0 aliphatic carbocycles. The third-order valence-electron chi connectivity index (χ3n) is 5.18. The van der Waals surface area contributed by atoms with Crippen LogP contribution < -0.4 is 4.90 Å². The van der Waals surface area contributed by atoms with Crippen molar-refractivity contribution >= 4 is 28.8 Å². The van der Waals surface area contributed by atoms with Gasteiger partial charge in [-0.2, -0.15) is 0 Å². The van der Waals surface area contributed by atoms with E-state index in [-0.39, 0.29) is 23.5 Å². The van der Waals surface area contributed by atoms with E-state index in [2.05, 4.69) is 0 Å². The topological polar surface area (TPSA) is 93.0 Å². The Labute approximate surface area is 173 Å². The first kappa shape index (κ1) is 19.8. The number of carbonyl (C=O) groups is 2. The average molecular weight is 407 g/mol. The zero-order valence-electron chi connectivity index (χ0n) is 16.6. The first-order chi connectivity index (χ1) is 14.4. The van der Waals surface area contributed by atoms with Crippen molar-refractivity contribution in [2.24, 2.45) is 0 Å². The van der Waals surface area contributed by atoms with Gasteiger partial charge in [-0.05, 0) is 43.7 Å². The number of amides is 2. The number of rotatable bonds is 4. The number of imide groups is 1. The van der Waals surface area contributed by atoms with E-state index in [1.807, 2.05) is 24.8 Å². The lowest BCUT2D eigenvalue weighted by atomic mass is 10.0. The van der Waals surface area contributed by atoms with E-state index in [4.69, 9.17) is 4.74 Å². The number of nitro benzene ring substituents is 1. The van der Waals surface area contributed by atoms with Gasteiger partial charge in [0.2, 0.25) is 0 Å². The molecule has 0 N–H and O–H groups in total. The van der Waals surface area contributed by atoms with Crippen LogP contribution in [0.25, 0.3) is 5.57 Å². The van der Waals surface area contributed by atoms with Crippen LogP contribution in [0.3, 0.4) is 0 Å². The smallest absolute Gasteiger partial charge is 0.282 e. The molecule has 2 amide bonds. The van der Waals surface area contributed by atoms with Crippen molar-refractivity contribution in [2.45, 2.75) is 26.1 Å². The fourth-order valence-electron chi connectivity index (χ4n) is 3.99. The van der Waals surface area contributed by atoms with Crippen molar-refractivity contribution in [3.05, 3.63) is 76.0 Å². The third kappa shape index (κ3) is 3.46. The van der Waals surface area contributed by atoms with E-state index in [1.54, 1.807) is 24.3 Å². The SMILES string of the molecule is CC1CN(C2=C(c3ccc([N+](=O)[O-])cc3)C(=O)N(c3ccccc3)C2=O)CC(C)O1. The lowest BCUT2D eigenvalue weighted by molar-refractivity contribution is -0.384. The van der Waals surface area contributed by atoms with Crippen LogP contribution in [0.4, 0.5) is 11.4 Å². The first-order valence-electron chi connectivity index (χ1n) is 9.70. The maximum Gasteiger partial charge on any atom is 0.282 e. The highest BCUT2D eigenvalue weighted by Crippen LogP contribution is 2.36. The molecule has 2 aliphatic heterocycles. The van der Waals surface area contributed by atoms with Crippen molar-refractivity contribution in [3.63, 3.8) is 0 Å². The van der Waals surface area contributed by atoms with Crippen LogP contribution in [-0.2, 0) is 14.3 Å². The summed E-state index contributed by atoms with van der Waals surface area (Å²) in [5, 5.41) is 11.0. The fraction of sp³-hybridized carbons (Fsp3) is 0.273. The molecule has 0 aromatic heterocycles. The molecule has 0 bridgehead atoms. The summed E-state index contributed by atoms with van der Waals surface area (Å²) in [6, 6.07) is 14.5. The van der Waals surface area contributed by atoms with Gasteiger partial charge in [-0.25, -0.2) is 4.90 Å². The number of benzene rings is 2. The van der Waals surface area contributed by atoms with E-state index in [9.17, 15) is 19.7 Å². The molecular weight excluding hydrogens is 386 g/mol. The van der Waals surface area contributed by atoms with Gasteiger partial charge in [0.25, 0.3) is 17.5 Å². The van der Waals surface area contributed by atoms with Gasteiger partial charge < -0.3 is 9.64 Å². The van der Waals surface area contributed by atoms with Gasteiger partial charge in [0.1, 0.15) is 5.70 Å². The molecule has 2 unspecified atom stereocenters. The van der Waals surface area contributed by atoms with E-state index in [0.29, 0.717) is 30.0 Å². The molecule has 30 heavy (non-hydrogen) atoms. The molecule has 0 spiro atoms. The lowest BCUT2D eigenvalue weighted by Gasteiger charge is -2.37. The van der Waals surface area contributed by atoms with Crippen LogP contribution in [0, 0.1) is 10.1 Å². The van der Waals surface area contributed by atoms with Crippen LogP contribution >= 0.6 is 0 Å². The molecule has 8 nitrogen and oxygen atoms in total. The second kappa shape index (κ2) is 7.72. The lowest BCUT2D eigenvalue weighted by Crippen LogP contribution is -2.47. The molecule has 2 heterocycles. The molecule has 2 aromatic carbocycles. The number of nitrogens with zero attached hydrogens (tertiary/aromatic N) is 3. The number of hydrogen-bond donors (Lipinski definition) is 0. The number of morpholine rings is 1. The maximum atomic E-state index is 13.4. The molecule has 2 aliphatic rings. The highest BCUT2D eigenvalue weighted by Gasteiger charge is 2.43. The highest BCUT2D eigenvalue weighted by molar-refractivity contribution is 6.45. The Kier molecular flexibility index (Phi) is 5.09. The summed E-state index contributed by atoms with van der Waals surface area (Å²) in [5.74, 6) is -0.845. The Balaban J connectivity index is 1.83. The van der Waals surface area contributed by atoms with Crippen LogP contribution in [0.1, 0.15) is 19.4 Å². The Morgan fingerprint density at radius 3 is 2.10 bits per heavy atom. The summed E-state index contributed by atoms with van der Waals surface area (Å²) in [6.45, 7) is 4.78. The number of anilines is 1. The third-order valence-corrected chi connectivity index (χ3v) is 5.18. The minimum atomic E-state index is -0.498. The molecule has 1 saturated heterocycles.